The Bertz CT molecular complexity index is 744. The van der Waals surface area contributed by atoms with Crippen molar-refractivity contribution in [1.29, 1.82) is 0 Å². The van der Waals surface area contributed by atoms with Gasteiger partial charge in [0, 0.05) is 0 Å². The molecule has 1 nitrogen and oxygen atoms in total. The lowest BCUT2D eigenvalue weighted by Gasteiger charge is -2.16. The van der Waals surface area contributed by atoms with Crippen LogP contribution in [0.5, 0.6) is 0 Å². The number of hydrogen-bond donors (Lipinski definition) is 1. The highest BCUT2D eigenvalue weighted by Crippen LogP contribution is 2.32. The van der Waals surface area contributed by atoms with Crippen LogP contribution < -0.4 is 0 Å². The Morgan fingerprint density at radius 2 is 1.45 bits per heavy atom. The predicted molar refractivity (Wildman–Crippen MR) is 86.2 cm³/mol. The van der Waals surface area contributed by atoms with Gasteiger partial charge in [-0.25, -0.2) is 0 Å². The average Bonchev–Trinajstić information content (AvgIpc) is 2.48. The Balaban J connectivity index is 2.23. The maximum atomic E-state index is 12.1. The third kappa shape index (κ3) is 2.35. The van der Waals surface area contributed by atoms with E-state index in [9.17, 15) is 4.79 Å². The quantitative estimate of drug-likeness (QED) is 0.701. The molecule has 0 radical (unpaired) electrons. The summed E-state index contributed by atoms with van der Waals surface area (Å²) in [7, 11) is 0. The van der Waals surface area contributed by atoms with Crippen LogP contribution in [0.3, 0.4) is 0 Å². The summed E-state index contributed by atoms with van der Waals surface area (Å²) < 4.78 is 0. The lowest BCUT2D eigenvalue weighted by Crippen LogP contribution is -2.09. The largest absolute Gasteiger partial charge is 0.286 e. The van der Waals surface area contributed by atoms with Crippen LogP contribution in [0.2, 0.25) is 0 Å². The Hall–Kier alpha value is -2.06. The fraction of sp³-hybridized carbons (Fsp3) is 0.0556. The molecule has 0 N–H and O–H groups in total. The fourth-order valence-electron chi connectivity index (χ4n) is 2.60. The highest BCUT2D eigenvalue weighted by molar-refractivity contribution is 7.96. The maximum Gasteiger partial charge on any atom is 0.197 e. The normalized spacial score (nSPS) is 12.2. The average molecular weight is 278 g/mol. The Labute approximate surface area is 123 Å². The van der Waals surface area contributed by atoms with Gasteiger partial charge in [0.2, 0.25) is 0 Å². The molecule has 2 heteroatoms. The first-order valence-electron chi connectivity index (χ1n) is 6.53. The van der Waals surface area contributed by atoms with Crippen LogP contribution in [-0.4, -0.2) is 5.12 Å². The first kappa shape index (κ1) is 12.9. The van der Waals surface area contributed by atoms with Gasteiger partial charge in [-0.2, -0.15) is 0 Å². The lowest BCUT2D eigenvalue weighted by molar-refractivity contribution is -0.111. The summed E-state index contributed by atoms with van der Waals surface area (Å²) in [6.07, 6.45) is 0. The number of rotatable bonds is 3. The van der Waals surface area contributed by atoms with Gasteiger partial charge in [0.15, 0.2) is 5.12 Å². The Kier molecular flexibility index (Phi) is 3.57. The van der Waals surface area contributed by atoms with E-state index in [-0.39, 0.29) is 11.0 Å². The van der Waals surface area contributed by atoms with E-state index in [1.54, 1.807) is 0 Å². The number of carbonyl (C=O) groups is 1. The van der Waals surface area contributed by atoms with Crippen molar-refractivity contribution in [2.45, 2.75) is 5.92 Å². The highest BCUT2D eigenvalue weighted by atomic mass is 32.1. The molecule has 0 aliphatic carbocycles. The van der Waals surface area contributed by atoms with Gasteiger partial charge in [-0.3, -0.25) is 4.79 Å². The van der Waals surface area contributed by atoms with E-state index >= 15 is 0 Å². The van der Waals surface area contributed by atoms with Crippen molar-refractivity contribution in [2.24, 2.45) is 0 Å². The zero-order chi connectivity index (χ0) is 13.9. The zero-order valence-corrected chi connectivity index (χ0v) is 11.8. The monoisotopic (exact) mass is 278 g/mol. The molecular formula is C18H14OS. The number of benzene rings is 3. The van der Waals surface area contributed by atoms with E-state index in [4.69, 9.17) is 0 Å². The van der Waals surface area contributed by atoms with Gasteiger partial charge in [0.1, 0.15) is 0 Å². The molecule has 0 saturated heterocycles. The van der Waals surface area contributed by atoms with Crippen molar-refractivity contribution in [3.8, 4) is 0 Å². The molecule has 20 heavy (non-hydrogen) atoms. The summed E-state index contributed by atoms with van der Waals surface area (Å²) in [5, 5.41) is 2.11. The van der Waals surface area contributed by atoms with Crippen LogP contribution >= 0.6 is 12.6 Å². The number of thiol groups is 1. The summed E-state index contributed by atoms with van der Waals surface area (Å²) in [5.74, 6) is -0.328. The van der Waals surface area contributed by atoms with E-state index in [2.05, 4.69) is 30.8 Å². The standard InChI is InChI=1S/C18H14OS/c19-18(20)17(14-8-2-1-3-9-14)16-12-6-10-13-7-4-5-11-15(13)16/h1-12,17H,(H,19,20). The Morgan fingerprint density at radius 1 is 0.800 bits per heavy atom. The SMILES string of the molecule is O=C(S)C(c1ccccc1)c1cccc2ccccc12. The van der Waals surface area contributed by atoms with Gasteiger partial charge in [0.05, 0.1) is 5.92 Å². The Morgan fingerprint density at radius 3 is 2.20 bits per heavy atom. The molecule has 0 saturated carbocycles. The van der Waals surface area contributed by atoms with E-state index in [1.807, 2.05) is 54.6 Å². The van der Waals surface area contributed by atoms with Gasteiger partial charge in [-0.1, -0.05) is 72.8 Å². The molecule has 0 aliphatic heterocycles. The molecule has 3 aromatic carbocycles. The summed E-state index contributed by atoms with van der Waals surface area (Å²) >= 11 is 4.10. The first-order chi connectivity index (χ1) is 9.77. The number of fused-ring (bicyclic) bond motifs is 1. The smallest absolute Gasteiger partial charge is 0.197 e. The van der Waals surface area contributed by atoms with Gasteiger partial charge < -0.3 is 0 Å². The second-order valence-electron chi connectivity index (χ2n) is 4.75. The van der Waals surface area contributed by atoms with Crippen LogP contribution in [0.1, 0.15) is 17.0 Å². The molecule has 3 aromatic rings. The number of carbonyl (C=O) groups excluding carboxylic acids is 1. The van der Waals surface area contributed by atoms with Gasteiger partial charge >= 0.3 is 0 Å². The molecule has 0 aliphatic rings. The minimum atomic E-state index is -0.328. The van der Waals surface area contributed by atoms with E-state index in [0.29, 0.717) is 0 Å². The van der Waals surface area contributed by atoms with Crippen molar-refractivity contribution in [2.75, 3.05) is 0 Å². The van der Waals surface area contributed by atoms with Crippen LogP contribution in [0.25, 0.3) is 10.8 Å². The molecule has 98 valence electrons. The molecular weight excluding hydrogens is 264 g/mol. The molecule has 0 aromatic heterocycles. The first-order valence-corrected chi connectivity index (χ1v) is 6.97. The molecule has 1 unspecified atom stereocenters. The molecule has 0 fully saturated rings. The number of hydrogen-bond acceptors (Lipinski definition) is 1. The second-order valence-corrected chi connectivity index (χ2v) is 5.19. The fourth-order valence-corrected chi connectivity index (χ4v) is 2.89. The van der Waals surface area contributed by atoms with Crippen LogP contribution in [-0.2, 0) is 4.79 Å². The van der Waals surface area contributed by atoms with Crippen molar-refractivity contribution in [3.05, 3.63) is 83.9 Å². The van der Waals surface area contributed by atoms with Crippen molar-refractivity contribution < 1.29 is 4.79 Å². The highest BCUT2D eigenvalue weighted by Gasteiger charge is 2.21. The maximum absolute atomic E-state index is 12.1. The molecule has 0 amide bonds. The molecule has 1 atom stereocenters. The second kappa shape index (κ2) is 5.51. The van der Waals surface area contributed by atoms with Crippen LogP contribution in [0.4, 0.5) is 0 Å². The molecule has 0 bridgehead atoms. The summed E-state index contributed by atoms with van der Waals surface area (Å²) in [6.45, 7) is 0. The lowest BCUT2D eigenvalue weighted by atomic mass is 9.89. The minimum Gasteiger partial charge on any atom is -0.286 e. The minimum absolute atomic E-state index is 0.132. The summed E-state index contributed by atoms with van der Waals surface area (Å²) in [4.78, 5) is 12.1. The van der Waals surface area contributed by atoms with E-state index in [1.165, 1.54) is 0 Å². The van der Waals surface area contributed by atoms with Crippen molar-refractivity contribution in [3.63, 3.8) is 0 Å². The molecule has 0 heterocycles. The summed E-state index contributed by atoms with van der Waals surface area (Å²) in [6, 6.07) is 24.0. The van der Waals surface area contributed by atoms with E-state index < -0.39 is 0 Å². The van der Waals surface area contributed by atoms with Crippen LogP contribution in [0.15, 0.2) is 72.8 Å². The molecule has 0 spiro atoms. The molecule has 3 rings (SSSR count). The predicted octanol–water partition coefficient (Wildman–Crippen LogP) is 4.43. The third-order valence-electron chi connectivity index (χ3n) is 3.51. The van der Waals surface area contributed by atoms with Gasteiger partial charge in [0.25, 0.3) is 0 Å². The van der Waals surface area contributed by atoms with Crippen LogP contribution in [0, 0.1) is 0 Å². The van der Waals surface area contributed by atoms with Crippen molar-refractivity contribution >= 4 is 28.5 Å². The van der Waals surface area contributed by atoms with Crippen molar-refractivity contribution in [1.82, 2.24) is 0 Å². The van der Waals surface area contributed by atoms with Gasteiger partial charge in [-0.05, 0) is 21.9 Å². The van der Waals surface area contributed by atoms with E-state index in [0.717, 1.165) is 21.9 Å². The zero-order valence-electron chi connectivity index (χ0n) is 10.9. The third-order valence-corrected chi connectivity index (χ3v) is 3.77. The topological polar surface area (TPSA) is 17.1 Å². The summed E-state index contributed by atoms with van der Waals surface area (Å²) in [5.41, 5.74) is 1.98. The van der Waals surface area contributed by atoms with Gasteiger partial charge in [-0.15, -0.1) is 12.6 Å².